The molecule has 0 aliphatic heterocycles. The molecule has 4 rings (SSSR count). The van der Waals surface area contributed by atoms with Gasteiger partial charge in [-0.2, -0.15) is 13.9 Å². The van der Waals surface area contributed by atoms with E-state index in [9.17, 15) is 23.1 Å². The highest BCUT2D eigenvalue weighted by molar-refractivity contribution is 5.92. The van der Waals surface area contributed by atoms with Gasteiger partial charge >= 0.3 is 0 Å². The number of hydrogen-bond donors (Lipinski definition) is 2. The molecule has 4 aromatic rings. The van der Waals surface area contributed by atoms with Crippen LogP contribution in [0.25, 0.3) is 22.4 Å². The van der Waals surface area contributed by atoms with Gasteiger partial charge in [-0.3, -0.25) is 9.48 Å². The number of anilines is 1. The molecule has 0 aliphatic rings. The van der Waals surface area contributed by atoms with E-state index >= 15 is 0 Å². The van der Waals surface area contributed by atoms with Crippen LogP contribution < -0.4 is 5.32 Å². The third kappa shape index (κ3) is 5.81. The van der Waals surface area contributed by atoms with Gasteiger partial charge in [-0.25, -0.2) is 4.39 Å². The maximum Gasteiger partial charge on any atom is 0.298 e. The van der Waals surface area contributed by atoms with Crippen LogP contribution in [0.15, 0.2) is 79.0 Å². The average molecular weight is 522 g/mol. The van der Waals surface area contributed by atoms with Crippen molar-refractivity contribution in [2.75, 3.05) is 5.32 Å². The maximum absolute atomic E-state index is 14.0. The molecule has 0 fully saturated rings. The topological polar surface area (TPSA) is 67.2 Å². The summed E-state index contributed by atoms with van der Waals surface area (Å²) in [6.07, 6.45) is -0.0216. The number of aliphatic hydroxyl groups is 1. The molecule has 0 spiro atoms. The third-order valence-electron chi connectivity index (χ3n) is 6.23. The van der Waals surface area contributed by atoms with Crippen LogP contribution >= 0.6 is 0 Å². The Morgan fingerprint density at radius 1 is 0.947 bits per heavy atom. The smallest absolute Gasteiger partial charge is 0.298 e. The molecule has 38 heavy (non-hydrogen) atoms. The van der Waals surface area contributed by atoms with Crippen LogP contribution in [0, 0.1) is 5.82 Å². The molecule has 198 valence electrons. The molecule has 8 heteroatoms. The number of carbonyl (C=O) groups excluding carboxylic acids is 1. The summed E-state index contributed by atoms with van der Waals surface area (Å²) < 4.78 is 43.4. The Kier molecular flexibility index (Phi) is 7.47. The predicted octanol–water partition coefficient (Wildman–Crippen LogP) is 6.77. The minimum atomic E-state index is -3.36. The second-order valence-corrected chi connectivity index (χ2v) is 10.3. The van der Waals surface area contributed by atoms with Crippen molar-refractivity contribution in [2.24, 2.45) is 0 Å². The molecule has 3 aromatic carbocycles. The van der Waals surface area contributed by atoms with Crippen LogP contribution in [0.3, 0.4) is 0 Å². The zero-order chi connectivity index (χ0) is 27.7. The highest BCUT2D eigenvalue weighted by atomic mass is 19.3. The van der Waals surface area contributed by atoms with E-state index in [1.165, 1.54) is 36.4 Å². The van der Waals surface area contributed by atoms with Gasteiger partial charge in [0.15, 0.2) is 0 Å². The summed E-state index contributed by atoms with van der Waals surface area (Å²) >= 11 is 0. The molecular formula is C30H30F3N3O2. The average Bonchev–Trinajstić information content (AvgIpc) is 3.31. The zero-order valence-electron chi connectivity index (χ0n) is 21.7. The maximum atomic E-state index is 14.0. The standard InChI is InChI=1S/C30H30F3N3O2/c1-19(37)30(32,33)23-11-5-20(6-12-23)17-27(38)35-25-15-9-21(10-16-25)26-18-34-36(29(2,3)4)28(26)22-7-13-24(31)14-8-22/h5-16,18-19,37H,17H2,1-4H3,(H,35,38). The summed E-state index contributed by atoms with van der Waals surface area (Å²) in [4.78, 5) is 12.6. The van der Waals surface area contributed by atoms with Crippen molar-refractivity contribution in [3.05, 3.63) is 95.9 Å². The Labute approximate surface area is 219 Å². The lowest BCUT2D eigenvalue weighted by atomic mass is 9.99. The van der Waals surface area contributed by atoms with Crippen LogP contribution in [0.4, 0.5) is 18.9 Å². The van der Waals surface area contributed by atoms with E-state index in [-0.39, 0.29) is 29.2 Å². The number of rotatable bonds is 7. The summed E-state index contributed by atoms with van der Waals surface area (Å²) in [7, 11) is 0. The summed E-state index contributed by atoms with van der Waals surface area (Å²) in [6.45, 7) is 7.16. The number of nitrogens with zero attached hydrogens (tertiary/aromatic N) is 2. The lowest BCUT2D eigenvalue weighted by Gasteiger charge is -2.23. The molecule has 0 saturated heterocycles. The summed E-state index contributed by atoms with van der Waals surface area (Å²) in [5.41, 5.74) is 4.00. The van der Waals surface area contributed by atoms with E-state index in [4.69, 9.17) is 0 Å². The number of nitrogens with one attached hydrogen (secondary N) is 1. The zero-order valence-corrected chi connectivity index (χ0v) is 21.7. The lowest BCUT2D eigenvalue weighted by molar-refractivity contribution is -0.115. The fourth-order valence-corrected chi connectivity index (χ4v) is 4.16. The minimum Gasteiger partial charge on any atom is -0.387 e. The second-order valence-electron chi connectivity index (χ2n) is 10.3. The second kappa shape index (κ2) is 10.5. The third-order valence-corrected chi connectivity index (χ3v) is 6.23. The van der Waals surface area contributed by atoms with Crippen molar-refractivity contribution in [2.45, 2.75) is 51.7 Å². The van der Waals surface area contributed by atoms with Crippen molar-refractivity contribution < 1.29 is 23.1 Å². The van der Waals surface area contributed by atoms with E-state index in [1.807, 2.05) is 37.6 Å². The molecule has 1 atom stereocenters. The van der Waals surface area contributed by atoms with Gasteiger partial charge in [-0.15, -0.1) is 0 Å². The van der Waals surface area contributed by atoms with Gasteiger partial charge in [0.25, 0.3) is 5.92 Å². The van der Waals surface area contributed by atoms with E-state index in [0.29, 0.717) is 11.3 Å². The molecule has 0 aliphatic carbocycles. The van der Waals surface area contributed by atoms with Crippen LogP contribution in [0.2, 0.25) is 0 Å². The van der Waals surface area contributed by atoms with E-state index in [1.54, 1.807) is 30.5 Å². The number of benzene rings is 3. The molecule has 0 radical (unpaired) electrons. The van der Waals surface area contributed by atoms with Crippen molar-refractivity contribution in [1.82, 2.24) is 9.78 Å². The van der Waals surface area contributed by atoms with Crippen LogP contribution in [-0.2, 0) is 22.7 Å². The van der Waals surface area contributed by atoms with E-state index in [0.717, 1.165) is 29.3 Å². The molecule has 1 unspecified atom stereocenters. The number of amides is 1. The molecular weight excluding hydrogens is 491 g/mol. The Morgan fingerprint density at radius 2 is 1.53 bits per heavy atom. The van der Waals surface area contributed by atoms with Crippen LogP contribution in [-0.4, -0.2) is 26.9 Å². The Balaban J connectivity index is 1.51. The van der Waals surface area contributed by atoms with Crippen molar-refractivity contribution in [3.63, 3.8) is 0 Å². The molecule has 1 amide bonds. The van der Waals surface area contributed by atoms with Gasteiger partial charge in [-0.1, -0.05) is 36.4 Å². The van der Waals surface area contributed by atoms with Crippen molar-refractivity contribution in [3.8, 4) is 22.4 Å². The normalized spacial score (nSPS) is 12.8. The first kappa shape index (κ1) is 27.1. The first-order valence-electron chi connectivity index (χ1n) is 12.3. The molecule has 2 N–H and O–H groups in total. The van der Waals surface area contributed by atoms with Crippen LogP contribution in [0.1, 0.15) is 38.8 Å². The van der Waals surface area contributed by atoms with Gasteiger partial charge in [0.2, 0.25) is 5.91 Å². The minimum absolute atomic E-state index is 0.00928. The van der Waals surface area contributed by atoms with Gasteiger partial charge in [0.1, 0.15) is 11.9 Å². The van der Waals surface area contributed by atoms with Crippen molar-refractivity contribution >= 4 is 11.6 Å². The highest BCUT2D eigenvalue weighted by Crippen LogP contribution is 2.36. The number of aromatic nitrogens is 2. The van der Waals surface area contributed by atoms with Crippen molar-refractivity contribution in [1.29, 1.82) is 0 Å². The quantitative estimate of drug-likeness (QED) is 0.282. The van der Waals surface area contributed by atoms with Gasteiger partial charge < -0.3 is 10.4 Å². The first-order chi connectivity index (χ1) is 17.9. The summed E-state index contributed by atoms with van der Waals surface area (Å²) in [6, 6.07) is 19.0. The fraction of sp³-hybridized carbons (Fsp3) is 0.267. The fourth-order valence-electron chi connectivity index (χ4n) is 4.16. The Hall–Kier alpha value is -3.91. The monoisotopic (exact) mass is 521 g/mol. The Bertz CT molecular complexity index is 1400. The van der Waals surface area contributed by atoms with E-state index in [2.05, 4.69) is 10.4 Å². The number of hydrogen-bond acceptors (Lipinski definition) is 3. The molecule has 1 heterocycles. The molecule has 0 saturated carbocycles. The number of carbonyl (C=O) groups is 1. The van der Waals surface area contributed by atoms with Gasteiger partial charge in [-0.05, 0) is 75.2 Å². The molecule has 0 bridgehead atoms. The predicted molar refractivity (Wildman–Crippen MR) is 142 cm³/mol. The molecule has 5 nitrogen and oxygen atoms in total. The van der Waals surface area contributed by atoms with Gasteiger partial charge in [0, 0.05) is 22.4 Å². The molecule has 1 aromatic heterocycles. The lowest BCUT2D eigenvalue weighted by Crippen LogP contribution is -2.27. The number of alkyl halides is 2. The number of halogens is 3. The highest BCUT2D eigenvalue weighted by Gasteiger charge is 2.37. The first-order valence-corrected chi connectivity index (χ1v) is 12.3. The van der Waals surface area contributed by atoms with Crippen LogP contribution in [0.5, 0.6) is 0 Å². The largest absolute Gasteiger partial charge is 0.387 e. The SMILES string of the molecule is CC(O)C(F)(F)c1ccc(CC(=O)Nc2ccc(-c3cnn(C(C)(C)C)c3-c3ccc(F)cc3)cc2)cc1. The summed E-state index contributed by atoms with van der Waals surface area (Å²) in [5, 5.41) is 16.7. The summed E-state index contributed by atoms with van der Waals surface area (Å²) in [5.74, 6) is -3.96. The van der Waals surface area contributed by atoms with E-state index < -0.39 is 12.0 Å². The number of aliphatic hydroxyl groups excluding tert-OH is 1. The Morgan fingerprint density at radius 3 is 2.08 bits per heavy atom. The van der Waals surface area contributed by atoms with Gasteiger partial charge in [0.05, 0.1) is 23.9 Å².